The Morgan fingerprint density at radius 3 is 2.50 bits per heavy atom. The van der Waals surface area contributed by atoms with Gasteiger partial charge in [0.05, 0.1) is 15.6 Å². The van der Waals surface area contributed by atoms with Crippen LogP contribution in [0.15, 0.2) is 62.5 Å². The lowest BCUT2D eigenvalue weighted by Gasteiger charge is -2.23. The first-order valence-corrected chi connectivity index (χ1v) is 11.3. The van der Waals surface area contributed by atoms with Gasteiger partial charge in [0.25, 0.3) is 0 Å². The summed E-state index contributed by atoms with van der Waals surface area (Å²) >= 11 is 9.39. The van der Waals surface area contributed by atoms with E-state index in [0.717, 1.165) is 23.8 Å². The highest BCUT2D eigenvalue weighted by Gasteiger charge is 2.36. The zero-order chi connectivity index (χ0) is 24.7. The van der Waals surface area contributed by atoms with Crippen LogP contribution in [0.3, 0.4) is 0 Å². The predicted molar refractivity (Wildman–Crippen MR) is 129 cm³/mol. The van der Waals surface area contributed by atoms with Crippen molar-refractivity contribution in [3.8, 4) is 11.5 Å². The number of carbonyl (C=O) groups is 3. The number of phenols is 2. The molecule has 0 unspecified atom stereocenters. The number of phenolic OH excluding ortho intramolecular Hbond substituents is 2. The predicted octanol–water partition coefficient (Wildman–Crippen LogP) is 6.15. The van der Waals surface area contributed by atoms with Crippen LogP contribution in [0.25, 0.3) is 11.0 Å². The van der Waals surface area contributed by atoms with Gasteiger partial charge in [0.15, 0.2) is 11.6 Å². The Morgan fingerprint density at radius 2 is 1.82 bits per heavy atom. The number of hydrogen-bond donors (Lipinski definition) is 2. The number of Topliss-reactive ketones (excluding diaryl/α,β-unsaturated/α-hetero) is 1. The van der Waals surface area contributed by atoms with E-state index in [1.54, 1.807) is 18.2 Å². The maximum absolute atomic E-state index is 13.2. The first-order valence-electron chi connectivity index (χ1n) is 10.1. The number of benzene rings is 2. The largest absolute Gasteiger partial charge is 0.507 e. The van der Waals surface area contributed by atoms with Crippen LogP contribution < -0.4 is 0 Å². The molecule has 174 valence electrons. The van der Waals surface area contributed by atoms with Gasteiger partial charge in [-0.15, -0.1) is 0 Å². The molecule has 2 aromatic carbocycles. The summed E-state index contributed by atoms with van der Waals surface area (Å²) in [6.07, 6.45) is 1.73. The lowest BCUT2D eigenvalue weighted by atomic mass is 9.85. The van der Waals surface area contributed by atoms with E-state index in [4.69, 9.17) is 20.8 Å². The Morgan fingerprint density at radius 1 is 1.15 bits per heavy atom. The van der Waals surface area contributed by atoms with Crippen LogP contribution in [-0.2, 0) is 4.74 Å². The Labute approximate surface area is 207 Å². The van der Waals surface area contributed by atoms with Gasteiger partial charge in [-0.25, -0.2) is 4.79 Å². The van der Waals surface area contributed by atoms with Gasteiger partial charge < -0.3 is 19.4 Å². The van der Waals surface area contributed by atoms with Crippen LogP contribution in [0.5, 0.6) is 11.5 Å². The van der Waals surface area contributed by atoms with Crippen LogP contribution >= 0.6 is 27.5 Å². The van der Waals surface area contributed by atoms with Crippen molar-refractivity contribution in [3.05, 3.63) is 80.0 Å². The zero-order valence-electron chi connectivity index (χ0n) is 18.0. The third-order valence-electron chi connectivity index (χ3n) is 5.26. The second kappa shape index (κ2) is 9.12. The van der Waals surface area contributed by atoms with Gasteiger partial charge in [0.2, 0.25) is 5.76 Å². The number of furan rings is 1. The van der Waals surface area contributed by atoms with E-state index in [9.17, 15) is 24.6 Å². The van der Waals surface area contributed by atoms with Gasteiger partial charge in [0, 0.05) is 22.4 Å². The lowest BCUT2D eigenvalue weighted by molar-refractivity contribution is 0.0339. The van der Waals surface area contributed by atoms with Crippen LogP contribution in [0, 0.1) is 0 Å². The van der Waals surface area contributed by atoms with Crippen LogP contribution in [0.1, 0.15) is 51.5 Å². The van der Waals surface area contributed by atoms with Crippen molar-refractivity contribution in [2.24, 2.45) is 0 Å². The molecule has 0 fully saturated rings. The minimum absolute atomic E-state index is 0.101. The van der Waals surface area contributed by atoms with Gasteiger partial charge in [-0.1, -0.05) is 23.3 Å². The molecule has 0 radical (unpaired) electrons. The molecule has 2 N–H and O–H groups in total. The van der Waals surface area contributed by atoms with E-state index in [1.165, 1.54) is 6.07 Å². The summed E-state index contributed by atoms with van der Waals surface area (Å²) < 4.78 is 11.8. The quantitative estimate of drug-likeness (QED) is 0.225. The molecule has 1 aliphatic carbocycles. The van der Waals surface area contributed by atoms with Crippen molar-refractivity contribution in [3.63, 3.8) is 0 Å². The van der Waals surface area contributed by atoms with Gasteiger partial charge in [-0.2, -0.15) is 0 Å². The molecule has 0 saturated carbocycles. The second-order valence-electron chi connectivity index (χ2n) is 7.97. The molecule has 34 heavy (non-hydrogen) atoms. The maximum Gasteiger partial charge on any atom is 0.374 e. The van der Waals surface area contributed by atoms with E-state index in [1.807, 2.05) is 13.8 Å². The number of hydrogen-bond acceptors (Lipinski definition) is 7. The summed E-state index contributed by atoms with van der Waals surface area (Å²) in [5.41, 5.74) is 0.557. The molecule has 9 heteroatoms. The average Bonchev–Trinajstić information content (AvgIpc) is 3.19. The number of ketones is 2. The fraction of sp³-hybridized carbons (Fsp3) is 0.160. The number of halogens is 2. The van der Waals surface area contributed by atoms with E-state index < -0.39 is 35.1 Å². The molecule has 0 spiro atoms. The Kier molecular flexibility index (Phi) is 6.38. The number of allylic oxidation sites excluding steroid dienone is 2. The lowest BCUT2D eigenvalue weighted by Crippen LogP contribution is -2.29. The first kappa shape index (κ1) is 23.8. The maximum atomic E-state index is 13.2. The summed E-state index contributed by atoms with van der Waals surface area (Å²) in [4.78, 5) is 38.9. The summed E-state index contributed by atoms with van der Waals surface area (Å²) in [5.74, 6) is -3.25. The van der Waals surface area contributed by atoms with Crippen molar-refractivity contribution < 1.29 is 33.8 Å². The molecule has 0 saturated heterocycles. The fourth-order valence-corrected chi connectivity index (χ4v) is 4.58. The number of fused-ring (bicyclic) bond motifs is 2. The fourth-order valence-electron chi connectivity index (χ4n) is 3.67. The summed E-state index contributed by atoms with van der Waals surface area (Å²) in [5, 5.41) is 21.3. The van der Waals surface area contributed by atoms with Crippen molar-refractivity contribution in [2.75, 3.05) is 0 Å². The normalized spacial score (nSPS) is 13.9. The Bertz CT molecular complexity index is 1430. The van der Waals surface area contributed by atoms with Gasteiger partial charge in [-0.3, -0.25) is 9.59 Å². The number of rotatable bonds is 5. The number of aromatic hydroxyl groups is 2. The number of ether oxygens (including phenoxy) is 1. The van der Waals surface area contributed by atoms with Crippen molar-refractivity contribution in [1.82, 2.24) is 0 Å². The standard InChI is InChI=1S/C25H18BrClO7/c1-11(2)3-6-19(14-10-18(30)21-16(28)4-5-17(29)22(21)23(14)31)34-25(32)20-8-12-7-13(27)9-15(26)24(12)33-20/h3-5,7-10,19,28-29H,6H2,1-2H3/t19-/m1/s1. The summed E-state index contributed by atoms with van der Waals surface area (Å²) in [7, 11) is 0. The van der Waals surface area contributed by atoms with Crippen LogP contribution in [0.2, 0.25) is 5.02 Å². The van der Waals surface area contributed by atoms with Gasteiger partial charge in [0.1, 0.15) is 23.2 Å². The zero-order valence-corrected chi connectivity index (χ0v) is 20.4. The van der Waals surface area contributed by atoms with E-state index in [0.29, 0.717) is 20.5 Å². The molecule has 0 amide bonds. The van der Waals surface area contributed by atoms with Gasteiger partial charge in [-0.05, 0) is 66.2 Å². The minimum atomic E-state index is -1.14. The Balaban J connectivity index is 1.72. The summed E-state index contributed by atoms with van der Waals surface area (Å²) in [6.45, 7) is 3.67. The first-order chi connectivity index (χ1) is 16.1. The van der Waals surface area contributed by atoms with Crippen molar-refractivity contribution in [2.45, 2.75) is 26.4 Å². The average molecular weight is 546 g/mol. The highest BCUT2D eigenvalue weighted by atomic mass is 79.9. The highest BCUT2D eigenvalue weighted by Crippen LogP contribution is 2.37. The molecule has 1 aromatic heterocycles. The smallest absolute Gasteiger partial charge is 0.374 e. The molecule has 1 aliphatic rings. The van der Waals surface area contributed by atoms with Crippen molar-refractivity contribution in [1.29, 1.82) is 0 Å². The molecule has 7 nitrogen and oxygen atoms in total. The molecule has 4 rings (SSSR count). The highest BCUT2D eigenvalue weighted by molar-refractivity contribution is 9.10. The molecular weight excluding hydrogens is 528 g/mol. The minimum Gasteiger partial charge on any atom is -0.507 e. The third-order valence-corrected chi connectivity index (χ3v) is 6.06. The van der Waals surface area contributed by atoms with Crippen molar-refractivity contribution >= 4 is 56.0 Å². The molecule has 1 atom stereocenters. The Hall–Kier alpha value is -3.36. The second-order valence-corrected chi connectivity index (χ2v) is 9.27. The van der Waals surface area contributed by atoms with Gasteiger partial charge >= 0.3 is 5.97 Å². The topological polar surface area (TPSA) is 114 Å². The molecular formula is C25H18BrClO7. The number of carbonyl (C=O) groups excluding carboxylic acids is 3. The van der Waals surface area contributed by atoms with E-state index in [-0.39, 0.29) is 28.9 Å². The molecule has 3 aromatic rings. The third kappa shape index (κ3) is 4.38. The van der Waals surface area contributed by atoms with E-state index in [2.05, 4.69) is 15.9 Å². The molecule has 0 bridgehead atoms. The summed E-state index contributed by atoms with van der Waals surface area (Å²) in [6, 6.07) is 6.96. The van der Waals surface area contributed by atoms with Crippen LogP contribution in [-0.4, -0.2) is 33.9 Å². The monoisotopic (exact) mass is 544 g/mol. The number of esters is 1. The van der Waals surface area contributed by atoms with E-state index >= 15 is 0 Å². The molecule has 1 heterocycles. The van der Waals surface area contributed by atoms with Crippen LogP contribution in [0.4, 0.5) is 0 Å². The SMILES string of the molecule is CC(C)=CC[C@@H](OC(=O)c1cc2cc(Cl)cc(Br)c2o1)C1=CC(=O)c2c(O)ccc(O)c2C1=O. The molecule has 0 aliphatic heterocycles.